The smallest absolute Gasteiger partial charge is 0.341 e. The molecule has 0 atom stereocenters. The Bertz CT molecular complexity index is 704. The number of fused-ring (bicyclic) bond motifs is 1. The molecule has 1 aromatic carbocycles. The lowest BCUT2D eigenvalue weighted by molar-refractivity contribution is 0.0695. The Kier molecular flexibility index (Phi) is 4.20. The van der Waals surface area contributed by atoms with Crippen LogP contribution in [-0.4, -0.2) is 22.2 Å². The Morgan fingerprint density at radius 3 is 2.75 bits per heavy atom. The second-order valence-corrected chi connectivity index (χ2v) is 4.71. The third kappa shape index (κ3) is 2.58. The lowest BCUT2D eigenvalue weighted by Crippen LogP contribution is -2.18. The number of rotatable bonds is 5. The first kappa shape index (κ1) is 14.3. The Balaban J connectivity index is 2.68. The standard InChI is InChI=1S/C15H18N2O3/c1-2-17-9-12(15(19)20)14(18)11-8-10(4-3-7-16)5-6-13(11)17/h5-6,8-9H,2-4,7,16H2,1H3,(H,19,20). The van der Waals surface area contributed by atoms with E-state index in [1.165, 1.54) is 6.20 Å². The summed E-state index contributed by atoms with van der Waals surface area (Å²) in [5.74, 6) is -1.19. The minimum atomic E-state index is -1.19. The highest BCUT2D eigenvalue weighted by Crippen LogP contribution is 2.15. The van der Waals surface area contributed by atoms with Gasteiger partial charge in [-0.25, -0.2) is 4.79 Å². The van der Waals surface area contributed by atoms with E-state index in [0.29, 0.717) is 18.5 Å². The number of carboxylic acid groups (broad SMARTS) is 1. The molecule has 0 amide bonds. The normalized spacial score (nSPS) is 10.9. The monoisotopic (exact) mass is 274 g/mol. The first-order valence-corrected chi connectivity index (χ1v) is 6.68. The van der Waals surface area contributed by atoms with Gasteiger partial charge in [0, 0.05) is 18.1 Å². The zero-order valence-corrected chi connectivity index (χ0v) is 11.4. The van der Waals surface area contributed by atoms with Crippen LogP contribution in [0.5, 0.6) is 0 Å². The molecule has 5 heteroatoms. The van der Waals surface area contributed by atoms with Crippen molar-refractivity contribution in [3.8, 4) is 0 Å². The van der Waals surface area contributed by atoms with Gasteiger partial charge in [0.05, 0.1) is 5.52 Å². The predicted octanol–water partition coefficient (Wildman–Crippen LogP) is 1.61. The summed E-state index contributed by atoms with van der Waals surface area (Å²) in [6.07, 6.45) is 3.04. The van der Waals surface area contributed by atoms with Gasteiger partial charge in [-0.3, -0.25) is 4.79 Å². The van der Waals surface area contributed by atoms with E-state index in [-0.39, 0.29) is 5.56 Å². The zero-order chi connectivity index (χ0) is 14.7. The Morgan fingerprint density at radius 2 is 2.15 bits per heavy atom. The molecule has 20 heavy (non-hydrogen) atoms. The first-order chi connectivity index (χ1) is 9.58. The van der Waals surface area contributed by atoms with Crippen LogP contribution in [0.2, 0.25) is 0 Å². The van der Waals surface area contributed by atoms with Crippen molar-refractivity contribution in [2.24, 2.45) is 5.73 Å². The number of aromatic nitrogens is 1. The molecule has 0 radical (unpaired) electrons. The summed E-state index contributed by atoms with van der Waals surface area (Å²) in [4.78, 5) is 23.4. The number of aryl methyl sites for hydroxylation is 2. The second kappa shape index (κ2) is 5.88. The predicted molar refractivity (Wildman–Crippen MR) is 78.2 cm³/mol. The van der Waals surface area contributed by atoms with Crippen LogP contribution in [0.3, 0.4) is 0 Å². The van der Waals surface area contributed by atoms with Crippen LogP contribution in [0.15, 0.2) is 29.2 Å². The van der Waals surface area contributed by atoms with Crippen molar-refractivity contribution in [1.29, 1.82) is 0 Å². The van der Waals surface area contributed by atoms with E-state index in [1.54, 1.807) is 10.6 Å². The first-order valence-electron chi connectivity index (χ1n) is 6.68. The van der Waals surface area contributed by atoms with E-state index < -0.39 is 11.4 Å². The van der Waals surface area contributed by atoms with Crippen molar-refractivity contribution in [1.82, 2.24) is 4.57 Å². The van der Waals surface area contributed by atoms with Gasteiger partial charge in [0.1, 0.15) is 5.56 Å². The van der Waals surface area contributed by atoms with Gasteiger partial charge in [0.25, 0.3) is 0 Å². The average molecular weight is 274 g/mol. The minimum absolute atomic E-state index is 0.185. The Hall–Kier alpha value is -2.14. The summed E-state index contributed by atoms with van der Waals surface area (Å²) in [5, 5.41) is 9.59. The maximum Gasteiger partial charge on any atom is 0.341 e. The van der Waals surface area contributed by atoms with Crippen LogP contribution in [0, 0.1) is 0 Å². The van der Waals surface area contributed by atoms with Crippen molar-refractivity contribution in [3.63, 3.8) is 0 Å². The van der Waals surface area contributed by atoms with Crippen LogP contribution in [-0.2, 0) is 13.0 Å². The van der Waals surface area contributed by atoms with Crippen LogP contribution in [0.25, 0.3) is 10.9 Å². The van der Waals surface area contributed by atoms with Gasteiger partial charge < -0.3 is 15.4 Å². The largest absolute Gasteiger partial charge is 0.477 e. The highest BCUT2D eigenvalue weighted by Gasteiger charge is 2.14. The Morgan fingerprint density at radius 1 is 1.40 bits per heavy atom. The van der Waals surface area contributed by atoms with Gasteiger partial charge in [-0.05, 0) is 44.0 Å². The number of hydrogen-bond donors (Lipinski definition) is 2. The molecule has 0 saturated carbocycles. The van der Waals surface area contributed by atoms with Gasteiger partial charge in [0.15, 0.2) is 0 Å². The number of carboxylic acids is 1. The molecule has 0 fully saturated rings. The maximum atomic E-state index is 12.2. The lowest BCUT2D eigenvalue weighted by atomic mass is 10.0. The summed E-state index contributed by atoms with van der Waals surface area (Å²) < 4.78 is 1.78. The number of hydrogen-bond acceptors (Lipinski definition) is 3. The summed E-state index contributed by atoms with van der Waals surface area (Å²) in [5.41, 5.74) is 6.64. The molecule has 0 spiro atoms. The fourth-order valence-electron chi connectivity index (χ4n) is 2.32. The fraction of sp³-hybridized carbons (Fsp3) is 0.333. The second-order valence-electron chi connectivity index (χ2n) is 4.71. The quantitative estimate of drug-likeness (QED) is 0.867. The number of carbonyl (C=O) groups is 1. The fourth-order valence-corrected chi connectivity index (χ4v) is 2.32. The molecule has 1 aromatic heterocycles. The molecule has 5 nitrogen and oxygen atoms in total. The van der Waals surface area contributed by atoms with E-state index in [0.717, 1.165) is 23.9 Å². The van der Waals surface area contributed by atoms with Crippen LogP contribution < -0.4 is 11.2 Å². The molecule has 2 aromatic rings. The third-order valence-electron chi connectivity index (χ3n) is 3.39. The van der Waals surface area contributed by atoms with Gasteiger partial charge in [0.2, 0.25) is 5.43 Å². The van der Waals surface area contributed by atoms with Crippen molar-refractivity contribution in [3.05, 3.63) is 45.7 Å². The van der Waals surface area contributed by atoms with Crippen LogP contribution in [0.1, 0.15) is 29.3 Å². The lowest BCUT2D eigenvalue weighted by Gasteiger charge is -2.11. The molecule has 2 rings (SSSR count). The number of nitrogens with two attached hydrogens (primary N) is 1. The number of pyridine rings is 1. The molecular weight excluding hydrogens is 256 g/mol. The van der Waals surface area contributed by atoms with E-state index in [4.69, 9.17) is 10.8 Å². The van der Waals surface area contributed by atoms with Crippen molar-refractivity contribution >= 4 is 16.9 Å². The van der Waals surface area contributed by atoms with E-state index in [2.05, 4.69) is 0 Å². The zero-order valence-electron chi connectivity index (χ0n) is 11.4. The summed E-state index contributed by atoms with van der Waals surface area (Å²) in [6, 6.07) is 5.62. The van der Waals surface area contributed by atoms with Crippen molar-refractivity contribution in [2.45, 2.75) is 26.3 Å². The molecule has 3 N–H and O–H groups in total. The number of nitrogens with zero attached hydrogens (tertiary/aromatic N) is 1. The topological polar surface area (TPSA) is 85.3 Å². The van der Waals surface area contributed by atoms with E-state index >= 15 is 0 Å². The molecule has 0 saturated heterocycles. The molecule has 0 aliphatic rings. The van der Waals surface area contributed by atoms with Crippen LogP contribution in [0.4, 0.5) is 0 Å². The highest BCUT2D eigenvalue weighted by atomic mass is 16.4. The summed E-state index contributed by atoms with van der Waals surface area (Å²) >= 11 is 0. The van der Waals surface area contributed by atoms with E-state index in [9.17, 15) is 9.59 Å². The number of benzene rings is 1. The van der Waals surface area contributed by atoms with Crippen molar-refractivity contribution in [2.75, 3.05) is 6.54 Å². The molecule has 106 valence electrons. The summed E-state index contributed by atoms with van der Waals surface area (Å²) in [6.45, 7) is 3.11. The molecule has 0 unspecified atom stereocenters. The maximum absolute atomic E-state index is 12.2. The average Bonchev–Trinajstić information content (AvgIpc) is 2.45. The SMILES string of the molecule is CCn1cc(C(=O)O)c(=O)c2cc(CCCN)ccc21. The van der Waals surface area contributed by atoms with E-state index in [1.807, 2.05) is 19.1 Å². The van der Waals surface area contributed by atoms with Gasteiger partial charge >= 0.3 is 5.97 Å². The minimum Gasteiger partial charge on any atom is -0.477 e. The number of aromatic carboxylic acids is 1. The van der Waals surface area contributed by atoms with Gasteiger partial charge in [-0.15, -0.1) is 0 Å². The van der Waals surface area contributed by atoms with Gasteiger partial charge in [-0.1, -0.05) is 6.07 Å². The molecular formula is C15H18N2O3. The molecule has 0 bridgehead atoms. The third-order valence-corrected chi connectivity index (χ3v) is 3.39. The highest BCUT2D eigenvalue weighted by molar-refractivity contribution is 5.92. The van der Waals surface area contributed by atoms with Crippen LogP contribution >= 0.6 is 0 Å². The van der Waals surface area contributed by atoms with Gasteiger partial charge in [-0.2, -0.15) is 0 Å². The summed E-state index contributed by atoms with van der Waals surface area (Å²) in [7, 11) is 0. The molecule has 1 heterocycles. The van der Waals surface area contributed by atoms with Crippen molar-refractivity contribution < 1.29 is 9.90 Å². The Labute approximate surface area is 116 Å². The molecule has 0 aliphatic heterocycles. The molecule has 0 aliphatic carbocycles.